The summed E-state index contributed by atoms with van der Waals surface area (Å²) in [6.45, 7) is 5.83. The molecule has 6 nitrogen and oxygen atoms in total. The number of amides is 1. The smallest absolute Gasteiger partial charge is 0.277 e. The number of rotatable bonds is 5. The quantitative estimate of drug-likeness (QED) is 0.726. The number of anilines is 1. The zero-order valence-electron chi connectivity index (χ0n) is 15.1. The number of morpholine rings is 1. The first-order chi connectivity index (χ1) is 13.2. The molecule has 3 aromatic rings. The number of carbonyl (C=O) groups is 1. The number of aryl methyl sites for hydroxylation is 1. The molecule has 0 aliphatic carbocycles. The molecular weight excluding hydrogens is 362 g/mol. The van der Waals surface area contributed by atoms with E-state index in [4.69, 9.17) is 9.15 Å². The fourth-order valence-corrected chi connectivity index (χ4v) is 3.72. The topological polar surface area (TPSA) is 67.6 Å². The number of nitrogens with zero attached hydrogens (tertiary/aromatic N) is 2. The maximum absolute atomic E-state index is 12.8. The Hall–Kier alpha value is -2.48. The lowest BCUT2D eigenvalue weighted by atomic mass is 10.1. The molecule has 140 valence electrons. The van der Waals surface area contributed by atoms with Crippen LogP contribution in [0.5, 0.6) is 0 Å². The average molecular weight is 383 g/mol. The van der Waals surface area contributed by atoms with Crippen molar-refractivity contribution in [2.45, 2.75) is 13.5 Å². The summed E-state index contributed by atoms with van der Waals surface area (Å²) < 4.78 is 11.1. The molecule has 1 fully saturated rings. The number of carbonyl (C=O) groups excluding carboxylic acids is 1. The van der Waals surface area contributed by atoms with E-state index in [9.17, 15) is 4.79 Å². The molecule has 0 radical (unpaired) electrons. The van der Waals surface area contributed by atoms with Gasteiger partial charge < -0.3 is 14.5 Å². The average Bonchev–Trinajstić information content (AvgIpc) is 3.34. The summed E-state index contributed by atoms with van der Waals surface area (Å²) in [7, 11) is 0. The molecule has 3 heterocycles. The molecule has 1 N–H and O–H groups in total. The van der Waals surface area contributed by atoms with Crippen LogP contribution < -0.4 is 5.32 Å². The van der Waals surface area contributed by atoms with Crippen LogP contribution in [0.2, 0.25) is 0 Å². The number of ether oxygens (including phenoxy) is 1. The van der Waals surface area contributed by atoms with Crippen molar-refractivity contribution in [2.75, 3.05) is 31.6 Å². The van der Waals surface area contributed by atoms with E-state index in [1.165, 1.54) is 11.3 Å². The normalized spacial score (nSPS) is 15.0. The van der Waals surface area contributed by atoms with Crippen LogP contribution in [0, 0.1) is 6.92 Å². The number of oxazole rings is 1. The third-order valence-electron chi connectivity index (χ3n) is 4.51. The lowest BCUT2D eigenvalue weighted by molar-refractivity contribution is 0.0342. The van der Waals surface area contributed by atoms with Gasteiger partial charge in [-0.25, -0.2) is 4.98 Å². The highest BCUT2D eigenvalue weighted by Crippen LogP contribution is 2.26. The van der Waals surface area contributed by atoms with Crippen molar-refractivity contribution in [2.24, 2.45) is 0 Å². The minimum Gasteiger partial charge on any atom is -0.440 e. The Bertz CT molecular complexity index is 914. The van der Waals surface area contributed by atoms with Crippen molar-refractivity contribution in [3.8, 4) is 10.8 Å². The summed E-state index contributed by atoms with van der Waals surface area (Å²) in [5.41, 5.74) is 2.20. The fourth-order valence-electron chi connectivity index (χ4n) is 3.07. The molecule has 27 heavy (non-hydrogen) atoms. The first-order valence-corrected chi connectivity index (χ1v) is 9.79. The van der Waals surface area contributed by atoms with Gasteiger partial charge in [-0.1, -0.05) is 24.3 Å². The second-order valence-corrected chi connectivity index (χ2v) is 7.35. The van der Waals surface area contributed by atoms with Crippen LogP contribution in [0.1, 0.15) is 21.8 Å². The van der Waals surface area contributed by atoms with Gasteiger partial charge in [0.05, 0.1) is 18.1 Å². The summed E-state index contributed by atoms with van der Waals surface area (Å²) in [5.74, 6) is 0.740. The molecule has 1 amide bonds. The molecular formula is C20H21N3O3S. The summed E-state index contributed by atoms with van der Waals surface area (Å²) >= 11 is 1.53. The maximum atomic E-state index is 12.8. The SMILES string of the molecule is Cc1oc(-c2cccs2)nc1C(=O)Nc1ccccc1CN1CCOCC1. The third kappa shape index (κ3) is 4.10. The van der Waals surface area contributed by atoms with Crippen molar-refractivity contribution in [3.05, 3.63) is 58.8 Å². The highest BCUT2D eigenvalue weighted by atomic mass is 32.1. The van der Waals surface area contributed by atoms with Gasteiger partial charge in [-0.05, 0) is 30.0 Å². The molecule has 1 aromatic carbocycles. The number of aromatic nitrogens is 1. The monoisotopic (exact) mass is 383 g/mol. The zero-order valence-corrected chi connectivity index (χ0v) is 15.9. The molecule has 0 saturated carbocycles. The molecule has 1 saturated heterocycles. The molecule has 0 spiro atoms. The largest absolute Gasteiger partial charge is 0.440 e. The third-order valence-corrected chi connectivity index (χ3v) is 5.36. The lowest BCUT2D eigenvalue weighted by Gasteiger charge is -2.27. The Morgan fingerprint density at radius 1 is 1.22 bits per heavy atom. The van der Waals surface area contributed by atoms with Gasteiger partial charge in [-0.2, -0.15) is 0 Å². The van der Waals surface area contributed by atoms with Gasteiger partial charge in [0.1, 0.15) is 5.76 Å². The lowest BCUT2D eigenvalue weighted by Crippen LogP contribution is -2.35. The Labute approximate surface area is 161 Å². The van der Waals surface area contributed by atoms with E-state index in [2.05, 4.69) is 15.2 Å². The number of hydrogen-bond donors (Lipinski definition) is 1. The van der Waals surface area contributed by atoms with Gasteiger partial charge in [-0.15, -0.1) is 11.3 Å². The molecule has 1 aliphatic rings. The predicted molar refractivity (Wildman–Crippen MR) is 105 cm³/mol. The van der Waals surface area contributed by atoms with E-state index in [-0.39, 0.29) is 5.91 Å². The maximum Gasteiger partial charge on any atom is 0.277 e. The Morgan fingerprint density at radius 2 is 2.04 bits per heavy atom. The van der Waals surface area contributed by atoms with E-state index in [1.54, 1.807) is 6.92 Å². The van der Waals surface area contributed by atoms with Gasteiger partial charge in [0.15, 0.2) is 5.69 Å². The van der Waals surface area contributed by atoms with Crippen molar-refractivity contribution in [1.29, 1.82) is 0 Å². The molecule has 0 atom stereocenters. The second-order valence-electron chi connectivity index (χ2n) is 6.40. The van der Waals surface area contributed by atoms with Crippen LogP contribution in [-0.4, -0.2) is 42.1 Å². The molecule has 7 heteroatoms. The number of thiophene rings is 1. The molecule has 4 rings (SSSR count). The second kappa shape index (κ2) is 8.04. The Balaban J connectivity index is 1.51. The Morgan fingerprint density at radius 3 is 2.81 bits per heavy atom. The van der Waals surface area contributed by atoms with Crippen LogP contribution in [0.15, 0.2) is 46.2 Å². The van der Waals surface area contributed by atoms with E-state index in [0.717, 1.165) is 49.0 Å². The van der Waals surface area contributed by atoms with Gasteiger partial charge in [0.25, 0.3) is 5.91 Å². The zero-order chi connectivity index (χ0) is 18.6. The van der Waals surface area contributed by atoms with Crippen LogP contribution in [0.4, 0.5) is 5.69 Å². The minimum atomic E-state index is -0.256. The van der Waals surface area contributed by atoms with E-state index in [1.807, 2.05) is 41.8 Å². The summed E-state index contributed by atoms with van der Waals surface area (Å²) in [6, 6.07) is 11.7. The van der Waals surface area contributed by atoms with Gasteiger partial charge in [0.2, 0.25) is 5.89 Å². The summed E-state index contributed by atoms with van der Waals surface area (Å²) in [4.78, 5) is 20.4. The highest BCUT2D eigenvalue weighted by Gasteiger charge is 2.20. The van der Waals surface area contributed by atoms with Crippen molar-refractivity contribution < 1.29 is 13.9 Å². The van der Waals surface area contributed by atoms with Crippen LogP contribution >= 0.6 is 11.3 Å². The van der Waals surface area contributed by atoms with E-state index in [0.29, 0.717) is 17.3 Å². The number of benzene rings is 1. The Kier molecular flexibility index (Phi) is 5.33. The van der Waals surface area contributed by atoms with Crippen LogP contribution in [0.25, 0.3) is 10.8 Å². The molecule has 1 aliphatic heterocycles. The number of hydrogen-bond acceptors (Lipinski definition) is 6. The van der Waals surface area contributed by atoms with Crippen molar-refractivity contribution in [1.82, 2.24) is 9.88 Å². The van der Waals surface area contributed by atoms with Crippen LogP contribution in [0.3, 0.4) is 0 Å². The highest BCUT2D eigenvalue weighted by molar-refractivity contribution is 7.13. The minimum absolute atomic E-state index is 0.256. The number of para-hydroxylation sites is 1. The van der Waals surface area contributed by atoms with Crippen molar-refractivity contribution in [3.63, 3.8) is 0 Å². The van der Waals surface area contributed by atoms with E-state index >= 15 is 0 Å². The van der Waals surface area contributed by atoms with Crippen molar-refractivity contribution >= 4 is 22.9 Å². The number of nitrogens with one attached hydrogen (secondary N) is 1. The van der Waals surface area contributed by atoms with Crippen LogP contribution in [-0.2, 0) is 11.3 Å². The van der Waals surface area contributed by atoms with Gasteiger partial charge in [0, 0.05) is 25.3 Å². The van der Waals surface area contributed by atoms with Gasteiger partial charge >= 0.3 is 0 Å². The van der Waals surface area contributed by atoms with E-state index < -0.39 is 0 Å². The molecule has 0 unspecified atom stereocenters. The summed E-state index contributed by atoms with van der Waals surface area (Å²) in [5, 5.41) is 4.95. The standard InChI is InChI=1S/C20H21N3O3S/c1-14-18(22-20(26-14)17-7-4-12-27-17)19(24)21-16-6-3-2-5-15(16)13-23-8-10-25-11-9-23/h2-7,12H,8-11,13H2,1H3,(H,21,24). The molecule has 2 aromatic heterocycles. The fraction of sp³-hybridized carbons (Fsp3) is 0.300. The first-order valence-electron chi connectivity index (χ1n) is 8.91. The first kappa shape index (κ1) is 17.9. The summed E-state index contributed by atoms with van der Waals surface area (Å²) in [6.07, 6.45) is 0. The van der Waals surface area contributed by atoms with Gasteiger partial charge in [-0.3, -0.25) is 9.69 Å². The molecule has 0 bridgehead atoms. The predicted octanol–water partition coefficient (Wildman–Crippen LogP) is 3.80.